The van der Waals surface area contributed by atoms with Crippen molar-refractivity contribution in [1.29, 1.82) is 0 Å². The lowest BCUT2D eigenvalue weighted by Crippen LogP contribution is -2.12. The third-order valence-electron chi connectivity index (χ3n) is 2.48. The highest BCUT2D eigenvalue weighted by Crippen LogP contribution is 2.18. The molecule has 0 atom stereocenters. The highest BCUT2D eigenvalue weighted by Gasteiger charge is 2.09. The monoisotopic (exact) mass is 230 g/mol. The molecular weight excluding hydrogens is 216 g/mol. The molecule has 1 heterocycles. The zero-order valence-electron chi connectivity index (χ0n) is 9.81. The molecule has 2 rings (SSSR count). The summed E-state index contributed by atoms with van der Waals surface area (Å²) in [5.74, 6) is 0.165. The van der Waals surface area contributed by atoms with Crippen LogP contribution in [0, 0.1) is 0 Å². The van der Waals surface area contributed by atoms with Crippen LogP contribution in [0.1, 0.15) is 35.8 Å². The average Bonchev–Trinajstić information content (AvgIpc) is 2.82. The molecule has 0 aliphatic rings. The van der Waals surface area contributed by atoms with Crippen molar-refractivity contribution >= 4 is 11.6 Å². The van der Waals surface area contributed by atoms with Gasteiger partial charge in [0, 0.05) is 11.8 Å². The number of carbonyl (C=O) groups is 1. The van der Waals surface area contributed by atoms with E-state index in [1.807, 2.05) is 24.3 Å². The van der Waals surface area contributed by atoms with Gasteiger partial charge in [0.15, 0.2) is 5.69 Å². The minimum atomic E-state index is -0.264. The Balaban J connectivity index is 2.14. The van der Waals surface area contributed by atoms with Crippen molar-refractivity contribution in [2.45, 2.75) is 19.8 Å². The lowest BCUT2D eigenvalue weighted by atomic mass is 10.0. The first-order chi connectivity index (χ1) is 8.16. The Bertz CT molecular complexity index is 504. The smallest absolute Gasteiger partial charge is 0.277 e. The summed E-state index contributed by atoms with van der Waals surface area (Å²) in [6.07, 6.45) is 1.37. The quantitative estimate of drug-likeness (QED) is 0.881. The van der Waals surface area contributed by atoms with Crippen LogP contribution in [-0.2, 0) is 0 Å². The predicted molar refractivity (Wildman–Crippen MR) is 65.0 cm³/mol. The molecule has 1 N–H and O–H groups in total. The third-order valence-corrected chi connectivity index (χ3v) is 2.48. The van der Waals surface area contributed by atoms with Gasteiger partial charge in [0.1, 0.15) is 6.26 Å². The van der Waals surface area contributed by atoms with Crippen LogP contribution >= 0.6 is 0 Å². The number of anilines is 1. The Morgan fingerprint density at radius 3 is 2.82 bits per heavy atom. The second-order valence-corrected chi connectivity index (χ2v) is 4.12. The number of hydrogen-bond acceptors (Lipinski definition) is 3. The molecule has 0 saturated heterocycles. The second-order valence-electron chi connectivity index (χ2n) is 4.12. The summed E-state index contributed by atoms with van der Waals surface area (Å²) < 4.78 is 4.62. The molecule has 0 aliphatic carbocycles. The first kappa shape index (κ1) is 11.4. The molecule has 4 heteroatoms. The van der Waals surface area contributed by atoms with Crippen molar-refractivity contribution in [3.05, 3.63) is 47.9 Å². The van der Waals surface area contributed by atoms with E-state index >= 15 is 0 Å². The lowest BCUT2D eigenvalue weighted by molar-refractivity contribution is 0.101. The number of carbonyl (C=O) groups excluding carboxylic acids is 1. The molecule has 0 fully saturated rings. The summed E-state index contributed by atoms with van der Waals surface area (Å²) in [4.78, 5) is 11.7. The molecule has 1 aromatic carbocycles. The fraction of sp³-hybridized carbons (Fsp3) is 0.231. The SMILES string of the molecule is CC(C)c1cccc(NC(=O)c2ccon2)c1. The van der Waals surface area contributed by atoms with Gasteiger partial charge in [0.2, 0.25) is 0 Å². The fourth-order valence-corrected chi connectivity index (χ4v) is 1.50. The molecular formula is C13H14N2O2. The number of benzene rings is 1. The summed E-state index contributed by atoms with van der Waals surface area (Å²) in [5, 5.41) is 6.36. The van der Waals surface area contributed by atoms with Crippen LogP contribution in [-0.4, -0.2) is 11.1 Å². The molecule has 0 aliphatic heterocycles. The molecule has 88 valence electrons. The molecule has 0 radical (unpaired) electrons. The standard InChI is InChI=1S/C13H14N2O2/c1-9(2)10-4-3-5-11(8-10)14-13(16)12-6-7-17-15-12/h3-9H,1-2H3,(H,14,16). The van der Waals surface area contributed by atoms with Crippen molar-refractivity contribution in [1.82, 2.24) is 5.16 Å². The van der Waals surface area contributed by atoms with E-state index in [1.54, 1.807) is 0 Å². The maximum Gasteiger partial charge on any atom is 0.277 e. The zero-order chi connectivity index (χ0) is 12.3. The topological polar surface area (TPSA) is 55.1 Å². The van der Waals surface area contributed by atoms with E-state index in [2.05, 4.69) is 28.8 Å². The van der Waals surface area contributed by atoms with Crippen molar-refractivity contribution in [3.8, 4) is 0 Å². The zero-order valence-corrected chi connectivity index (χ0v) is 9.81. The molecule has 0 bridgehead atoms. The van der Waals surface area contributed by atoms with Crippen LogP contribution in [0.2, 0.25) is 0 Å². The minimum Gasteiger partial charge on any atom is -0.364 e. The van der Waals surface area contributed by atoms with Crippen molar-refractivity contribution in [2.24, 2.45) is 0 Å². The molecule has 1 aromatic heterocycles. The molecule has 0 unspecified atom stereocenters. The second kappa shape index (κ2) is 4.82. The summed E-state index contributed by atoms with van der Waals surface area (Å²) in [6, 6.07) is 9.30. The number of amides is 1. The molecule has 17 heavy (non-hydrogen) atoms. The van der Waals surface area contributed by atoms with Gasteiger partial charge in [-0.1, -0.05) is 31.1 Å². The largest absolute Gasteiger partial charge is 0.364 e. The van der Waals surface area contributed by atoms with Gasteiger partial charge in [0.05, 0.1) is 0 Å². The third kappa shape index (κ3) is 2.72. The molecule has 1 amide bonds. The summed E-state index contributed by atoms with van der Waals surface area (Å²) in [6.45, 7) is 4.22. The minimum absolute atomic E-state index is 0.264. The van der Waals surface area contributed by atoms with Crippen LogP contribution in [0.4, 0.5) is 5.69 Å². The average molecular weight is 230 g/mol. The van der Waals surface area contributed by atoms with E-state index in [0.717, 1.165) is 5.69 Å². The van der Waals surface area contributed by atoms with E-state index in [9.17, 15) is 4.79 Å². The fourth-order valence-electron chi connectivity index (χ4n) is 1.50. The van der Waals surface area contributed by atoms with Gasteiger partial charge in [0.25, 0.3) is 5.91 Å². The number of aromatic nitrogens is 1. The Kier molecular flexibility index (Phi) is 3.23. The van der Waals surface area contributed by atoms with Crippen molar-refractivity contribution in [3.63, 3.8) is 0 Å². The van der Waals surface area contributed by atoms with E-state index in [0.29, 0.717) is 5.92 Å². The summed E-state index contributed by atoms with van der Waals surface area (Å²) in [5.41, 5.74) is 2.23. The van der Waals surface area contributed by atoms with Crippen LogP contribution in [0.3, 0.4) is 0 Å². The Morgan fingerprint density at radius 2 is 2.18 bits per heavy atom. The Morgan fingerprint density at radius 1 is 1.35 bits per heavy atom. The maximum absolute atomic E-state index is 11.7. The van der Waals surface area contributed by atoms with Gasteiger partial charge in [-0.3, -0.25) is 4.79 Å². The molecule has 0 spiro atoms. The van der Waals surface area contributed by atoms with Crippen LogP contribution < -0.4 is 5.32 Å². The predicted octanol–water partition coefficient (Wildman–Crippen LogP) is 3.05. The van der Waals surface area contributed by atoms with Crippen molar-refractivity contribution < 1.29 is 9.32 Å². The van der Waals surface area contributed by atoms with Crippen molar-refractivity contribution in [2.75, 3.05) is 5.32 Å². The van der Waals surface area contributed by atoms with E-state index in [4.69, 9.17) is 0 Å². The van der Waals surface area contributed by atoms with Gasteiger partial charge in [-0.15, -0.1) is 0 Å². The van der Waals surface area contributed by atoms with Gasteiger partial charge < -0.3 is 9.84 Å². The molecule has 0 saturated carbocycles. The van der Waals surface area contributed by atoms with Gasteiger partial charge in [-0.05, 0) is 23.6 Å². The number of hydrogen-bond donors (Lipinski definition) is 1. The number of rotatable bonds is 3. The number of nitrogens with one attached hydrogen (secondary N) is 1. The normalized spacial score (nSPS) is 10.5. The lowest BCUT2D eigenvalue weighted by Gasteiger charge is -2.08. The van der Waals surface area contributed by atoms with E-state index < -0.39 is 0 Å². The van der Waals surface area contributed by atoms with E-state index in [-0.39, 0.29) is 11.6 Å². The highest BCUT2D eigenvalue weighted by atomic mass is 16.5. The van der Waals surface area contributed by atoms with Crippen LogP contribution in [0.25, 0.3) is 0 Å². The van der Waals surface area contributed by atoms with Gasteiger partial charge in [-0.25, -0.2) is 0 Å². The Labute approximate surface area is 99.6 Å². The summed E-state index contributed by atoms with van der Waals surface area (Å²) >= 11 is 0. The highest BCUT2D eigenvalue weighted by molar-refractivity contribution is 6.02. The van der Waals surface area contributed by atoms with Crippen LogP contribution in [0.15, 0.2) is 41.1 Å². The van der Waals surface area contributed by atoms with E-state index in [1.165, 1.54) is 17.9 Å². The summed E-state index contributed by atoms with van der Waals surface area (Å²) in [7, 11) is 0. The first-order valence-electron chi connectivity index (χ1n) is 5.48. The Hall–Kier alpha value is -2.10. The maximum atomic E-state index is 11.7. The van der Waals surface area contributed by atoms with Gasteiger partial charge in [-0.2, -0.15) is 0 Å². The molecule has 4 nitrogen and oxygen atoms in total. The first-order valence-corrected chi connectivity index (χ1v) is 5.48. The van der Waals surface area contributed by atoms with Crippen LogP contribution in [0.5, 0.6) is 0 Å². The van der Waals surface area contributed by atoms with Gasteiger partial charge >= 0.3 is 0 Å². The number of nitrogens with zero attached hydrogens (tertiary/aromatic N) is 1. The molecule has 2 aromatic rings.